The Morgan fingerprint density at radius 1 is 0.900 bits per heavy atom. The monoisotopic (exact) mass is 268 g/mol. The van der Waals surface area contributed by atoms with E-state index in [9.17, 15) is 5.11 Å². The lowest BCUT2D eigenvalue weighted by molar-refractivity contribution is 0.0664. The molecule has 3 saturated carbocycles. The first kappa shape index (κ1) is 11.2. The van der Waals surface area contributed by atoms with Gasteiger partial charge in [0.25, 0.3) is 0 Å². The Morgan fingerprint density at radius 2 is 1.65 bits per heavy atom. The maximum Gasteiger partial charge on any atom is 0.120 e. The summed E-state index contributed by atoms with van der Waals surface area (Å²) in [7, 11) is 0. The second kappa shape index (κ2) is 3.81. The molecule has 0 aromatic heterocycles. The number of hydrogen-bond acceptors (Lipinski definition) is 2. The lowest BCUT2D eigenvalue weighted by atomic mass is 9.72. The number of fused-ring (bicyclic) bond motifs is 9. The second-order valence-corrected chi connectivity index (χ2v) is 7.15. The minimum absolute atomic E-state index is 0.309. The number of allylic oxidation sites excluding steroid dienone is 2. The first-order valence-corrected chi connectivity index (χ1v) is 7.93. The van der Waals surface area contributed by atoms with E-state index in [0.717, 1.165) is 41.3 Å². The smallest absolute Gasteiger partial charge is 0.120 e. The van der Waals surface area contributed by atoms with Crippen molar-refractivity contribution in [3.63, 3.8) is 0 Å². The van der Waals surface area contributed by atoms with Gasteiger partial charge < -0.3 is 9.84 Å². The first-order valence-electron chi connectivity index (χ1n) is 7.93. The average molecular weight is 268 g/mol. The van der Waals surface area contributed by atoms with Crippen molar-refractivity contribution in [3.8, 4) is 11.5 Å². The molecule has 0 amide bonds. The molecule has 0 radical (unpaired) electrons. The third-order valence-electron chi connectivity index (χ3n) is 6.33. The third kappa shape index (κ3) is 1.40. The molecule has 7 unspecified atom stereocenters. The summed E-state index contributed by atoms with van der Waals surface area (Å²) in [6.07, 6.45) is 9.40. The van der Waals surface area contributed by atoms with E-state index in [-0.39, 0.29) is 0 Å². The summed E-state index contributed by atoms with van der Waals surface area (Å²) in [5.74, 6) is 6.46. The summed E-state index contributed by atoms with van der Waals surface area (Å²) in [5, 5.41) is 9.35. The summed E-state index contributed by atoms with van der Waals surface area (Å²) in [5.41, 5.74) is 0. The van der Waals surface area contributed by atoms with Crippen LogP contribution in [0, 0.1) is 35.5 Å². The highest BCUT2D eigenvalue weighted by Gasteiger charge is 2.61. The second-order valence-electron chi connectivity index (χ2n) is 7.15. The van der Waals surface area contributed by atoms with Crippen molar-refractivity contribution in [2.45, 2.75) is 25.4 Å². The number of phenolic OH excluding ortho intramolecular Hbond substituents is 1. The van der Waals surface area contributed by atoms with E-state index in [2.05, 4.69) is 12.2 Å². The molecule has 2 nitrogen and oxygen atoms in total. The summed E-state index contributed by atoms with van der Waals surface area (Å²) in [6, 6.07) is 7.20. The highest BCUT2D eigenvalue weighted by molar-refractivity contribution is 5.31. The van der Waals surface area contributed by atoms with Crippen molar-refractivity contribution in [2.75, 3.05) is 0 Å². The molecule has 0 saturated heterocycles. The van der Waals surface area contributed by atoms with Gasteiger partial charge in [0, 0.05) is 0 Å². The molecule has 4 aliphatic carbocycles. The van der Waals surface area contributed by atoms with E-state index >= 15 is 0 Å². The van der Waals surface area contributed by atoms with Crippen molar-refractivity contribution in [1.82, 2.24) is 0 Å². The standard InChI is InChI=1S/C18H20O2/c19-13-3-5-14(6-4-13)20-16-9-12-8-15(16)18-11-2-1-10(7-11)17(12)18/h1-6,10-12,15-19H,7-9H2. The largest absolute Gasteiger partial charge is 0.508 e. The number of phenols is 1. The fourth-order valence-corrected chi connectivity index (χ4v) is 5.79. The van der Waals surface area contributed by atoms with E-state index in [4.69, 9.17) is 4.74 Å². The van der Waals surface area contributed by atoms with E-state index < -0.39 is 0 Å². The maximum atomic E-state index is 9.35. The van der Waals surface area contributed by atoms with Crippen molar-refractivity contribution in [3.05, 3.63) is 36.4 Å². The van der Waals surface area contributed by atoms with E-state index in [1.54, 1.807) is 12.1 Å². The Hall–Kier alpha value is -1.44. The van der Waals surface area contributed by atoms with E-state index in [0.29, 0.717) is 11.9 Å². The molecule has 5 rings (SSSR count). The minimum atomic E-state index is 0.309. The van der Waals surface area contributed by atoms with Crippen LogP contribution in [0.25, 0.3) is 0 Å². The predicted octanol–water partition coefficient (Wildman–Crippen LogP) is 3.62. The molecule has 20 heavy (non-hydrogen) atoms. The molecule has 3 fully saturated rings. The molecule has 4 bridgehead atoms. The fourth-order valence-electron chi connectivity index (χ4n) is 5.79. The molecule has 1 aromatic carbocycles. The normalized spacial score (nSPS) is 46.9. The van der Waals surface area contributed by atoms with Crippen LogP contribution in [0.2, 0.25) is 0 Å². The van der Waals surface area contributed by atoms with Crippen molar-refractivity contribution < 1.29 is 9.84 Å². The van der Waals surface area contributed by atoms with Crippen LogP contribution in [0.3, 0.4) is 0 Å². The zero-order valence-electron chi connectivity index (χ0n) is 11.5. The molecule has 1 N–H and O–H groups in total. The third-order valence-corrected chi connectivity index (χ3v) is 6.33. The van der Waals surface area contributed by atoms with Crippen LogP contribution in [-0.2, 0) is 0 Å². The van der Waals surface area contributed by atoms with Gasteiger partial charge in [-0.05, 0) is 79.0 Å². The first-order chi connectivity index (χ1) is 9.79. The van der Waals surface area contributed by atoms with Gasteiger partial charge in [-0.2, -0.15) is 0 Å². The summed E-state index contributed by atoms with van der Waals surface area (Å²) in [6.45, 7) is 0. The van der Waals surface area contributed by atoms with Crippen LogP contribution in [0.4, 0.5) is 0 Å². The molecular weight excluding hydrogens is 248 g/mol. The number of rotatable bonds is 2. The molecule has 0 aliphatic heterocycles. The van der Waals surface area contributed by atoms with Gasteiger partial charge in [0.1, 0.15) is 17.6 Å². The van der Waals surface area contributed by atoms with Crippen molar-refractivity contribution >= 4 is 0 Å². The van der Waals surface area contributed by atoms with Gasteiger partial charge in [0.05, 0.1) is 0 Å². The van der Waals surface area contributed by atoms with Crippen LogP contribution >= 0.6 is 0 Å². The Morgan fingerprint density at radius 3 is 2.45 bits per heavy atom. The van der Waals surface area contributed by atoms with Gasteiger partial charge in [-0.25, -0.2) is 0 Å². The topological polar surface area (TPSA) is 29.5 Å². The van der Waals surface area contributed by atoms with Gasteiger partial charge >= 0.3 is 0 Å². The lowest BCUT2D eigenvalue weighted by Crippen LogP contribution is -2.36. The van der Waals surface area contributed by atoms with Crippen LogP contribution in [0.5, 0.6) is 11.5 Å². The number of hydrogen-bond donors (Lipinski definition) is 1. The number of benzene rings is 1. The number of aromatic hydroxyl groups is 1. The summed E-state index contributed by atoms with van der Waals surface area (Å²) >= 11 is 0. The molecule has 4 aliphatic rings. The number of ether oxygens (including phenoxy) is 1. The molecule has 0 heterocycles. The highest BCUT2D eigenvalue weighted by atomic mass is 16.5. The van der Waals surface area contributed by atoms with Crippen LogP contribution in [0.1, 0.15) is 19.3 Å². The van der Waals surface area contributed by atoms with Gasteiger partial charge in [0.2, 0.25) is 0 Å². The Kier molecular flexibility index (Phi) is 2.14. The Bertz CT molecular complexity index is 561. The molecule has 1 aromatic rings. The maximum absolute atomic E-state index is 9.35. The van der Waals surface area contributed by atoms with Gasteiger partial charge in [-0.3, -0.25) is 0 Å². The molecule has 104 valence electrons. The molecule has 2 heteroatoms. The van der Waals surface area contributed by atoms with Crippen molar-refractivity contribution in [1.29, 1.82) is 0 Å². The zero-order valence-corrected chi connectivity index (χ0v) is 11.5. The highest BCUT2D eigenvalue weighted by Crippen LogP contribution is 2.65. The lowest BCUT2D eigenvalue weighted by Gasteiger charge is -2.36. The quantitative estimate of drug-likeness (QED) is 0.655. The molecule has 7 atom stereocenters. The van der Waals surface area contributed by atoms with Gasteiger partial charge in [0.15, 0.2) is 0 Å². The van der Waals surface area contributed by atoms with E-state index in [1.807, 2.05) is 12.1 Å². The van der Waals surface area contributed by atoms with Crippen LogP contribution < -0.4 is 4.74 Å². The fraction of sp³-hybridized carbons (Fsp3) is 0.556. The minimum Gasteiger partial charge on any atom is -0.508 e. The molecule has 0 spiro atoms. The predicted molar refractivity (Wildman–Crippen MR) is 76.5 cm³/mol. The average Bonchev–Trinajstić information content (AvgIpc) is 3.18. The van der Waals surface area contributed by atoms with Gasteiger partial charge in [-0.1, -0.05) is 12.2 Å². The Labute approximate surface area is 119 Å². The van der Waals surface area contributed by atoms with Crippen LogP contribution in [0.15, 0.2) is 36.4 Å². The Balaban J connectivity index is 1.38. The SMILES string of the molecule is Oc1ccc(OC2CC3CC2C2C4C=CC(C4)C32)cc1. The summed E-state index contributed by atoms with van der Waals surface area (Å²) < 4.78 is 6.24. The van der Waals surface area contributed by atoms with Crippen molar-refractivity contribution in [2.24, 2.45) is 35.5 Å². The zero-order chi connectivity index (χ0) is 13.3. The van der Waals surface area contributed by atoms with Crippen LogP contribution in [-0.4, -0.2) is 11.2 Å². The van der Waals surface area contributed by atoms with Gasteiger partial charge in [-0.15, -0.1) is 0 Å². The molecular formula is C18H20O2. The summed E-state index contributed by atoms with van der Waals surface area (Å²) in [4.78, 5) is 0. The van der Waals surface area contributed by atoms with E-state index in [1.165, 1.54) is 19.3 Å².